The minimum Gasteiger partial charge on any atom is -0.325 e. The Hall–Kier alpha value is -1.45. The number of halogens is 1. The van der Waals surface area contributed by atoms with Gasteiger partial charge in [0.05, 0.1) is 5.75 Å². The number of rotatable bonds is 5. The number of carbonyl (C=O) groups excluding carboxylic acids is 1. The van der Waals surface area contributed by atoms with E-state index in [0.29, 0.717) is 5.75 Å². The first-order valence-corrected chi connectivity index (χ1v) is 7.86. The lowest BCUT2D eigenvalue weighted by atomic mass is 10.2. The van der Waals surface area contributed by atoms with Gasteiger partial charge in [0.1, 0.15) is 0 Å². The van der Waals surface area contributed by atoms with Gasteiger partial charge >= 0.3 is 0 Å². The monoisotopic (exact) mass is 305 g/mol. The van der Waals surface area contributed by atoms with E-state index >= 15 is 0 Å². The maximum absolute atomic E-state index is 11.9. The van der Waals surface area contributed by atoms with Crippen LogP contribution < -0.4 is 5.32 Å². The lowest BCUT2D eigenvalue weighted by molar-refractivity contribution is -0.113. The molecule has 2 aromatic rings. The Labute approximate surface area is 128 Å². The molecule has 20 heavy (non-hydrogen) atoms. The molecule has 0 aromatic heterocycles. The highest BCUT2D eigenvalue weighted by Gasteiger charge is 2.05. The number of hydrogen-bond donors (Lipinski definition) is 1. The highest BCUT2D eigenvalue weighted by molar-refractivity contribution is 7.99. The fourth-order valence-corrected chi connectivity index (χ4v) is 2.88. The average molecular weight is 306 g/mol. The molecule has 2 rings (SSSR count). The van der Waals surface area contributed by atoms with Crippen LogP contribution in [0.25, 0.3) is 0 Å². The van der Waals surface area contributed by atoms with Crippen molar-refractivity contribution in [2.24, 2.45) is 0 Å². The third-order valence-electron chi connectivity index (χ3n) is 2.87. The minimum atomic E-state index is 0.0105. The van der Waals surface area contributed by atoms with Gasteiger partial charge in [0, 0.05) is 16.5 Å². The molecule has 0 saturated carbocycles. The summed E-state index contributed by atoms with van der Waals surface area (Å²) in [5.74, 6) is 1.16. The van der Waals surface area contributed by atoms with E-state index < -0.39 is 0 Å². The third-order valence-corrected chi connectivity index (χ3v) is 4.22. The van der Waals surface area contributed by atoms with Crippen molar-refractivity contribution < 1.29 is 4.79 Å². The van der Waals surface area contributed by atoms with Crippen molar-refractivity contribution in [3.05, 3.63) is 64.7 Å². The molecule has 0 aliphatic rings. The molecule has 0 heterocycles. The summed E-state index contributed by atoms with van der Waals surface area (Å²) in [6, 6.07) is 15.5. The standard InChI is InChI=1S/C16H16ClNOS/c1-12-6-2-5-9-15(12)18-16(19)11-20-10-13-7-3-4-8-14(13)17/h2-9H,10-11H2,1H3,(H,18,19). The fraction of sp³-hybridized carbons (Fsp3) is 0.188. The number of benzene rings is 2. The number of amides is 1. The van der Waals surface area contributed by atoms with Gasteiger partial charge in [-0.3, -0.25) is 4.79 Å². The van der Waals surface area contributed by atoms with Gasteiger partial charge in [-0.25, -0.2) is 0 Å². The molecule has 0 radical (unpaired) electrons. The lowest BCUT2D eigenvalue weighted by Crippen LogP contribution is -2.14. The molecule has 0 aliphatic heterocycles. The van der Waals surface area contributed by atoms with E-state index in [9.17, 15) is 4.79 Å². The highest BCUT2D eigenvalue weighted by atomic mass is 35.5. The second-order valence-corrected chi connectivity index (χ2v) is 5.84. The molecule has 104 valence electrons. The number of anilines is 1. The van der Waals surface area contributed by atoms with Gasteiger partial charge in [-0.2, -0.15) is 0 Å². The van der Waals surface area contributed by atoms with E-state index in [-0.39, 0.29) is 5.91 Å². The van der Waals surface area contributed by atoms with Gasteiger partial charge < -0.3 is 5.32 Å². The Bertz CT molecular complexity index is 601. The first-order valence-electron chi connectivity index (χ1n) is 6.33. The molecular weight excluding hydrogens is 290 g/mol. The summed E-state index contributed by atoms with van der Waals surface area (Å²) in [7, 11) is 0. The van der Waals surface area contributed by atoms with E-state index in [4.69, 9.17) is 11.6 Å². The van der Waals surface area contributed by atoms with Crippen LogP contribution in [-0.2, 0) is 10.5 Å². The highest BCUT2D eigenvalue weighted by Crippen LogP contribution is 2.21. The van der Waals surface area contributed by atoms with Crippen LogP contribution in [-0.4, -0.2) is 11.7 Å². The van der Waals surface area contributed by atoms with Gasteiger partial charge in [0.25, 0.3) is 0 Å². The number of para-hydroxylation sites is 1. The van der Waals surface area contributed by atoms with Crippen molar-refractivity contribution in [1.29, 1.82) is 0 Å². The summed E-state index contributed by atoms with van der Waals surface area (Å²) in [4.78, 5) is 11.9. The van der Waals surface area contributed by atoms with E-state index in [1.807, 2.05) is 55.5 Å². The second kappa shape index (κ2) is 7.36. The number of thioether (sulfide) groups is 1. The van der Waals surface area contributed by atoms with Gasteiger partial charge in [0.15, 0.2) is 0 Å². The first-order chi connectivity index (χ1) is 9.66. The topological polar surface area (TPSA) is 29.1 Å². The van der Waals surface area contributed by atoms with Crippen molar-refractivity contribution in [3.8, 4) is 0 Å². The van der Waals surface area contributed by atoms with Crippen LogP contribution in [0.3, 0.4) is 0 Å². The van der Waals surface area contributed by atoms with Gasteiger partial charge in [-0.1, -0.05) is 48.0 Å². The predicted molar refractivity (Wildman–Crippen MR) is 87.4 cm³/mol. The molecule has 2 nitrogen and oxygen atoms in total. The first kappa shape index (κ1) is 14.9. The van der Waals surface area contributed by atoms with Gasteiger partial charge in [-0.05, 0) is 30.2 Å². The van der Waals surface area contributed by atoms with Crippen LogP contribution in [0.15, 0.2) is 48.5 Å². The molecule has 0 unspecified atom stereocenters. The molecule has 1 N–H and O–H groups in total. The maximum Gasteiger partial charge on any atom is 0.234 e. The zero-order valence-corrected chi connectivity index (χ0v) is 12.8. The van der Waals surface area contributed by atoms with Crippen LogP contribution in [0.5, 0.6) is 0 Å². The minimum absolute atomic E-state index is 0.0105. The molecule has 1 amide bonds. The molecule has 0 spiro atoms. The Morgan fingerprint density at radius 3 is 2.60 bits per heavy atom. The van der Waals surface area contributed by atoms with Crippen molar-refractivity contribution in [2.45, 2.75) is 12.7 Å². The Morgan fingerprint density at radius 2 is 1.85 bits per heavy atom. The number of nitrogens with one attached hydrogen (secondary N) is 1. The lowest BCUT2D eigenvalue weighted by Gasteiger charge is -2.08. The summed E-state index contributed by atoms with van der Waals surface area (Å²) in [6.07, 6.45) is 0. The van der Waals surface area contributed by atoms with Crippen LogP contribution in [0.2, 0.25) is 5.02 Å². The van der Waals surface area contributed by atoms with Gasteiger partial charge in [0.2, 0.25) is 5.91 Å². The molecule has 0 aliphatic carbocycles. The summed E-state index contributed by atoms with van der Waals surface area (Å²) >= 11 is 7.63. The SMILES string of the molecule is Cc1ccccc1NC(=O)CSCc1ccccc1Cl. The molecule has 0 bridgehead atoms. The van der Waals surface area contributed by atoms with E-state index in [1.54, 1.807) is 11.8 Å². The van der Waals surface area contributed by atoms with Gasteiger partial charge in [-0.15, -0.1) is 11.8 Å². The number of aryl methyl sites for hydroxylation is 1. The fourth-order valence-electron chi connectivity index (χ4n) is 1.77. The number of carbonyl (C=O) groups is 1. The van der Waals surface area contributed by atoms with E-state index in [1.165, 1.54) is 0 Å². The quantitative estimate of drug-likeness (QED) is 0.880. The number of hydrogen-bond acceptors (Lipinski definition) is 2. The zero-order valence-electron chi connectivity index (χ0n) is 11.2. The summed E-state index contributed by atoms with van der Waals surface area (Å²) in [5.41, 5.74) is 3.00. The second-order valence-electron chi connectivity index (χ2n) is 4.45. The molecule has 0 atom stereocenters. The smallest absolute Gasteiger partial charge is 0.234 e. The molecule has 0 saturated heterocycles. The predicted octanol–water partition coefficient (Wildman–Crippen LogP) is 4.52. The molecule has 4 heteroatoms. The van der Waals surface area contributed by atoms with E-state index in [2.05, 4.69) is 5.32 Å². The molecule has 2 aromatic carbocycles. The van der Waals surface area contributed by atoms with E-state index in [0.717, 1.165) is 27.6 Å². The Balaban J connectivity index is 1.82. The Kier molecular flexibility index (Phi) is 5.50. The summed E-state index contributed by atoms with van der Waals surface area (Å²) in [6.45, 7) is 1.98. The zero-order chi connectivity index (χ0) is 14.4. The third kappa shape index (κ3) is 4.29. The van der Waals surface area contributed by atoms with Crippen LogP contribution in [0, 0.1) is 6.92 Å². The van der Waals surface area contributed by atoms with Crippen molar-refractivity contribution in [3.63, 3.8) is 0 Å². The van der Waals surface area contributed by atoms with Crippen LogP contribution in [0.1, 0.15) is 11.1 Å². The van der Waals surface area contributed by atoms with Crippen LogP contribution in [0.4, 0.5) is 5.69 Å². The average Bonchev–Trinajstić information content (AvgIpc) is 2.43. The molecular formula is C16H16ClNOS. The summed E-state index contributed by atoms with van der Waals surface area (Å²) in [5, 5.41) is 3.67. The molecule has 0 fully saturated rings. The Morgan fingerprint density at radius 1 is 1.15 bits per heavy atom. The van der Waals surface area contributed by atoms with Crippen molar-refractivity contribution >= 4 is 35.0 Å². The maximum atomic E-state index is 11.9. The van der Waals surface area contributed by atoms with Crippen molar-refractivity contribution in [1.82, 2.24) is 0 Å². The largest absolute Gasteiger partial charge is 0.325 e. The van der Waals surface area contributed by atoms with Crippen LogP contribution >= 0.6 is 23.4 Å². The van der Waals surface area contributed by atoms with Crippen molar-refractivity contribution in [2.75, 3.05) is 11.1 Å². The normalized spacial score (nSPS) is 10.3. The summed E-state index contributed by atoms with van der Waals surface area (Å²) < 4.78 is 0.